The Balaban J connectivity index is 1.48. The highest BCUT2D eigenvalue weighted by Crippen LogP contribution is 2.31. The first-order valence-electron chi connectivity index (χ1n) is 9.19. The maximum atomic E-state index is 11.3. The third-order valence-corrected chi connectivity index (χ3v) is 5.74. The molecule has 0 fully saturated rings. The molecule has 7 nitrogen and oxygen atoms in total. The van der Waals surface area contributed by atoms with E-state index in [9.17, 15) is 8.42 Å². The lowest BCUT2D eigenvalue weighted by atomic mass is 10.0. The smallest absolute Gasteiger partial charge is 0.238 e. The highest BCUT2D eigenvalue weighted by atomic mass is 32.2. The van der Waals surface area contributed by atoms with Gasteiger partial charge in [0, 0.05) is 18.2 Å². The van der Waals surface area contributed by atoms with Crippen molar-refractivity contribution in [2.75, 3.05) is 17.6 Å². The summed E-state index contributed by atoms with van der Waals surface area (Å²) in [4.78, 5) is 8.78. The number of nitrogens with two attached hydrogens (primary N) is 2. The summed E-state index contributed by atoms with van der Waals surface area (Å²) in [5, 5.41) is 8.39. The van der Waals surface area contributed by atoms with Crippen molar-refractivity contribution < 1.29 is 8.42 Å². The number of allylic oxidation sites excluding steroid dienone is 1. The van der Waals surface area contributed by atoms with Crippen LogP contribution in [0.5, 0.6) is 0 Å². The number of rotatable bonds is 6. The van der Waals surface area contributed by atoms with Crippen molar-refractivity contribution in [1.82, 2.24) is 9.97 Å². The van der Waals surface area contributed by atoms with Crippen LogP contribution in [0.4, 0.5) is 11.8 Å². The maximum absolute atomic E-state index is 11.3. The van der Waals surface area contributed by atoms with Crippen LogP contribution >= 0.6 is 0 Å². The van der Waals surface area contributed by atoms with E-state index in [-0.39, 0.29) is 10.8 Å². The number of nitrogen functional groups attached to an aromatic ring is 1. The second-order valence-corrected chi connectivity index (χ2v) is 8.41. The number of benzene rings is 2. The van der Waals surface area contributed by atoms with Crippen molar-refractivity contribution in [3.8, 4) is 11.3 Å². The zero-order valence-corrected chi connectivity index (χ0v) is 16.5. The summed E-state index contributed by atoms with van der Waals surface area (Å²) < 4.78 is 22.7. The van der Waals surface area contributed by atoms with Gasteiger partial charge >= 0.3 is 0 Å². The lowest BCUT2D eigenvalue weighted by molar-refractivity contribution is 0.598. The fourth-order valence-corrected chi connectivity index (χ4v) is 3.91. The minimum atomic E-state index is -3.67. The van der Waals surface area contributed by atoms with Crippen LogP contribution in [0.1, 0.15) is 16.7 Å². The molecule has 0 radical (unpaired) electrons. The van der Waals surface area contributed by atoms with Crippen molar-refractivity contribution in [1.29, 1.82) is 0 Å². The van der Waals surface area contributed by atoms with Gasteiger partial charge in [0.15, 0.2) is 0 Å². The molecule has 0 unspecified atom stereocenters. The second kappa shape index (κ2) is 7.65. The molecule has 2 aromatic carbocycles. The molecule has 1 heterocycles. The van der Waals surface area contributed by atoms with Crippen molar-refractivity contribution in [3.05, 3.63) is 71.3 Å². The normalized spacial score (nSPS) is 12.7. The quantitative estimate of drug-likeness (QED) is 0.577. The van der Waals surface area contributed by atoms with E-state index in [0.717, 1.165) is 23.2 Å². The van der Waals surface area contributed by atoms with Gasteiger partial charge < -0.3 is 11.1 Å². The van der Waals surface area contributed by atoms with Gasteiger partial charge in [-0.2, -0.15) is 4.98 Å². The monoisotopic (exact) mass is 407 g/mol. The summed E-state index contributed by atoms with van der Waals surface area (Å²) in [5.74, 6) is 0.857. The Morgan fingerprint density at radius 3 is 2.62 bits per heavy atom. The van der Waals surface area contributed by atoms with Gasteiger partial charge in [0.05, 0.1) is 10.6 Å². The second-order valence-electron chi connectivity index (χ2n) is 6.85. The molecule has 5 N–H and O–H groups in total. The Bertz CT molecular complexity index is 1190. The van der Waals surface area contributed by atoms with Gasteiger partial charge in [-0.3, -0.25) is 0 Å². The summed E-state index contributed by atoms with van der Waals surface area (Å²) >= 11 is 0. The average molecular weight is 407 g/mol. The topological polar surface area (TPSA) is 124 Å². The molecule has 148 valence electrons. The molecule has 0 aliphatic heterocycles. The van der Waals surface area contributed by atoms with E-state index in [1.807, 2.05) is 18.2 Å². The van der Waals surface area contributed by atoms with Crippen molar-refractivity contribution >= 4 is 27.9 Å². The number of aromatic nitrogens is 2. The van der Waals surface area contributed by atoms with Crippen molar-refractivity contribution in [2.24, 2.45) is 5.14 Å². The minimum absolute atomic E-state index is 0.104. The van der Waals surface area contributed by atoms with Gasteiger partial charge in [0.25, 0.3) is 0 Å². The largest absolute Gasteiger partial charge is 0.370 e. The van der Waals surface area contributed by atoms with E-state index in [1.165, 1.54) is 23.3 Å². The molecule has 29 heavy (non-hydrogen) atoms. The van der Waals surface area contributed by atoms with Gasteiger partial charge in [0.2, 0.25) is 16.0 Å². The van der Waals surface area contributed by atoms with Crippen LogP contribution in [0.3, 0.4) is 0 Å². The molecule has 0 spiro atoms. The van der Waals surface area contributed by atoms with Crippen molar-refractivity contribution in [2.45, 2.75) is 17.7 Å². The lowest BCUT2D eigenvalue weighted by Crippen LogP contribution is -2.12. The van der Waals surface area contributed by atoms with Gasteiger partial charge in [-0.05, 0) is 41.7 Å². The standard InChI is InChI=1S/C21H21N5O2S/c22-21-25-19(18-6-2-4-15-3-1-5-17(15)18)13-20(26-21)24-12-11-14-7-9-16(10-8-14)29(23,27)28/h1-2,4-10,13H,3,11-12H2,(H2,23,27,28)(H3,22,24,25,26). The Morgan fingerprint density at radius 1 is 1.07 bits per heavy atom. The molecular formula is C21H21N5O2S. The molecule has 8 heteroatoms. The zero-order chi connectivity index (χ0) is 20.4. The predicted molar refractivity (Wildman–Crippen MR) is 115 cm³/mol. The number of nitrogens with one attached hydrogen (secondary N) is 1. The van der Waals surface area contributed by atoms with E-state index < -0.39 is 10.0 Å². The molecule has 0 saturated carbocycles. The fourth-order valence-electron chi connectivity index (χ4n) is 3.39. The highest BCUT2D eigenvalue weighted by molar-refractivity contribution is 7.89. The summed E-state index contributed by atoms with van der Waals surface area (Å²) in [7, 11) is -3.67. The number of primary sulfonamides is 1. The Kier molecular flexibility index (Phi) is 5.04. The van der Waals surface area contributed by atoms with E-state index in [2.05, 4.69) is 33.5 Å². The SMILES string of the molecule is Nc1nc(NCCc2ccc(S(N)(=O)=O)cc2)cc(-c2cccc3c2C=CC3)n1. The average Bonchev–Trinajstić information content (AvgIpc) is 3.16. The highest BCUT2D eigenvalue weighted by Gasteiger charge is 2.13. The predicted octanol–water partition coefficient (Wildman–Crippen LogP) is 2.60. The molecule has 0 atom stereocenters. The molecule has 0 saturated heterocycles. The molecular weight excluding hydrogens is 386 g/mol. The minimum Gasteiger partial charge on any atom is -0.370 e. The zero-order valence-electron chi connectivity index (χ0n) is 15.7. The number of hydrogen-bond acceptors (Lipinski definition) is 6. The van der Waals surface area contributed by atoms with Gasteiger partial charge in [-0.25, -0.2) is 18.5 Å². The molecule has 1 aromatic heterocycles. The van der Waals surface area contributed by atoms with Crippen LogP contribution in [0.2, 0.25) is 0 Å². The lowest BCUT2D eigenvalue weighted by Gasteiger charge is -2.11. The van der Waals surface area contributed by atoms with Crippen LogP contribution in [0.25, 0.3) is 17.3 Å². The Labute approximate surface area is 169 Å². The third-order valence-electron chi connectivity index (χ3n) is 4.81. The van der Waals surface area contributed by atoms with E-state index >= 15 is 0 Å². The molecule has 4 rings (SSSR count). The first-order chi connectivity index (χ1) is 13.9. The van der Waals surface area contributed by atoms with Gasteiger partial charge in [-0.15, -0.1) is 0 Å². The first-order valence-corrected chi connectivity index (χ1v) is 10.7. The van der Waals surface area contributed by atoms with Crippen LogP contribution in [0, 0.1) is 0 Å². The number of sulfonamides is 1. The van der Waals surface area contributed by atoms with E-state index in [1.54, 1.807) is 12.1 Å². The Hall–Kier alpha value is -3.23. The third kappa shape index (κ3) is 4.28. The van der Waals surface area contributed by atoms with Gasteiger partial charge in [-0.1, -0.05) is 42.5 Å². The van der Waals surface area contributed by atoms with Crippen LogP contribution in [-0.4, -0.2) is 24.9 Å². The molecule has 1 aliphatic carbocycles. The summed E-state index contributed by atoms with van der Waals surface area (Å²) in [6.07, 6.45) is 5.87. The molecule has 0 amide bonds. The molecule has 3 aromatic rings. The number of nitrogens with zero attached hydrogens (tertiary/aromatic N) is 2. The maximum Gasteiger partial charge on any atom is 0.238 e. The van der Waals surface area contributed by atoms with Crippen LogP contribution in [-0.2, 0) is 22.9 Å². The summed E-state index contributed by atoms with van der Waals surface area (Å²) in [5.41, 5.74) is 11.2. The summed E-state index contributed by atoms with van der Waals surface area (Å²) in [6.45, 7) is 0.609. The van der Waals surface area contributed by atoms with E-state index in [4.69, 9.17) is 10.9 Å². The van der Waals surface area contributed by atoms with Crippen molar-refractivity contribution in [3.63, 3.8) is 0 Å². The molecule has 1 aliphatic rings. The van der Waals surface area contributed by atoms with Crippen LogP contribution < -0.4 is 16.2 Å². The number of hydrogen-bond donors (Lipinski definition) is 3. The van der Waals surface area contributed by atoms with E-state index in [0.29, 0.717) is 18.8 Å². The Morgan fingerprint density at radius 2 is 1.86 bits per heavy atom. The number of fused-ring (bicyclic) bond motifs is 1. The first kappa shape index (κ1) is 19.1. The van der Waals surface area contributed by atoms with Crippen LogP contribution in [0.15, 0.2) is 59.5 Å². The fraction of sp³-hybridized carbons (Fsp3) is 0.143. The molecule has 0 bridgehead atoms. The summed E-state index contributed by atoms with van der Waals surface area (Å²) in [6, 6.07) is 14.6. The van der Waals surface area contributed by atoms with Gasteiger partial charge in [0.1, 0.15) is 5.82 Å². The number of anilines is 2.